The van der Waals surface area contributed by atoms with Crippen molar-refractivity contribution in [2.75, 3.05) is 5.75 Å². The number of carboxylic acids is 1. The Kier molecular flexibility index (Phi) is 4.65. The Morgan fingerprint density at radius 2 is 2.00 bits per heavy atom. The molecule has 0 bridgehead atoms. The summed E-state index contributed by atoms with van der Waals surface area (Å²) in [6.45, 7) is 5.09. The van der Waals surface area contributed by atoms with Crippen molar-refractivity contribution in [2.45, 2.75) is 37.8 Å². The van der Waals surface area contributed by atoms with Crippen LogP contribution < -0.4 is 0 Å². The molecule has 0 aromatic heterocycles. The highest BCUT2D eigenvalue weighted by Crippen LogP contribution is 2.43. The van der Waals surface area contributed by atoms with E-state index in [9.17, 15) is 19.1 Å². The fraction of sp³-hybridized carbons (Fsp3) is 0.467. The van der Waals surface area contributed by atoms with E-state index >= 15 is 0 Å². The summed E-state index contributed by atoms with van der Waals surface area (Å²) in [6, 6.07) is 5.00. The van der Waals surface area contributed by atoms with Crippen LogP contribution in [0.25, 0.3) is 0 Å². The largest absolute Gasteiger partial charge is 0.480 e. The molecule has 1 aromatic rings. The number of amides is 1. The number of benzene rings is 1. The fourth-order valence-electron chi connectivity index (χ4n) is 2.15. The van der Waals surface area contributed by atoms with E-state index in [2.05, 4.69) is 0 Å². The number of rotatable bonds is 2. The lowest BCUT2D eigenvalue weighted by Crippen LogP contribution is -2.45. The van der Waals surface area contributed by atoms with Crippen LogP contribution in [-0.2, 0) is 9.53 Å². The van der Waals surface area contributed by atoms with Crippen LogP contribution in [0.15, 0.2) is 24.3 Å². The number of ether oxygens (including phenoxy) is 1. The van der Waals surface area contributed by atoms with Crippen LogP contribution in [0.2, 0.25) is 0 Å². The monoisotopic (exact) mass is 327 g/mol. The van der Waals surface area contributed by atoms with Crippen molar-refractivity contribution in [3.8, 4) is 0 Å². The number of aliphatic carboxylic acids is 1. The van der Waals surface area contributed by atoms with Crippen LogP contribution in [0.1, 0.15) is 31.7 Å². The van der Waals surface area contributed by atoms with Gasteiger partial charge in [-0.3, -0.25) is 4.90 Å². The summed E-state index contributed by atoms with van der Waals surface area (Å²) in [4.78, 5) is 24.9. The van der Waals surface area contributed by atoms with Gasteiger partial charge >= 0.3 is 12.1 Å². The van der Waals surface area contributed by atoms with Crippen molar-refractivity contribution in [2.24, 2.45) is 0 Å². The number of carbonyl (C=O) groups excluding carboxylic acids is 1. The minimum Gasteiger partial charge on any atom is -0.480 e. The molecule has 1 heterocycles. The molecule has 1 fully saturated rings. The van der Waals surface area contributed by atoms with Gasteiger partial charge in [-0.05, 0) is 26.8 Å². The first-order valence-corrected chi connectivity index (χ1v) is 7.86. The van der Waals surface area contributed by atoms with Gasteiger partial charge in [-0.15, -0.1) is 11.8 Å². The van der Waals surface area contributed by atoms with Crippen molar-refractivity contribution >= 4 is 23.8 Å². The van der Waals surface area contributed by atoms with Crippen molar-refractivity contribution in [1.82, 2.24) is 4.90 Å². The molecular weight excluding hydrogens is 309 g/mol. The number of carboxylic acid groups (broad SMARTS) is 1. The molecule has 1 aliphatic rings. The Morgan fingerprint density at radius 3 is 2.55 bits per heavy atom. The molecule has 1 N–H and O–H groups in total. The van der Waals surface area contributed by atoms with Crippen LogP contribution in [-0.4, -0.2) is 39.5 Å². The highest BCUT2D eigenvalue weighted by atomic mass is 32.2. The van der Waals surface area contributed by atoms with Gasteiger partial charge in [0.2, 0.25) is 0 Å². The third-order valence-corrected chi connectivity index (χ3v) is 4.37. The molecule has 0 unspecified atom stereocenters. The lowest BCUT2D eigenvalue weighted by molar-refractivity contribution is -0.142. The molecule has 0 aliphatic carbocycles. The molecule has 0 radical (unpaired) electrons. The van der Waals surface area contributed by atoms with Gasteiger partial charge in [-0.25, -0.2) is 14.0 Å². The molecule has 1 amide bonds. The minimum absolute atomic E-state index is 0.188. The maximum atomic E-state index is 14.0. The minimum atomic E-state index is -1.13. The smallest absolute Gasteiger partial charge is 0.412 e. The maximum absolute atomic E-state index is 14.0. The summed E-state index contributed by atoms with van der Waals surface area (Å²) in [5, 5.41) is 8.60. The first-order chi connectivity index (χ1) is 10.2. The van der Waals surface area contributed by atoms with Crippen molar-refractivity contribution in [1.29, 1.82) is 0 Å². The standard InChI is InChI=1S/C15H18FNO4S/c1-15(2,3)21-14(20)17-11(13(18)19)8-22-12(17)9-6-4-5-7-10(9)16/h4-7,11-12H,8H2,1-3H3,(H,18,19)/t11-,12+/m1/s1. The molecule has 2 atom stereocenters. The molecule has 22 heavy (non-hydrogen) atoms. The van der Waals surface area contributed by atoms with Crippen molar-refractivity contribution in [3.63, 3.8) is 0 Å². The topological polar surface area (TPSA) is 66.8 Å². The Bertz CT molecular complexity index is 587. The second kappa shape index (κ2) is 6.16. The molecule has 2 rings (SSSR count). The first-order valence-electron chi connectivity index (χ1n) is 6.81. The van der Waals surface area contributed by atoms with E-state index in [-0.39, 0.29) is 11.3 Å². The highest BCUT2D eigenvalue weighted by Gasteiger charge is 2.45. The summed E-state index contributed by atoms with van der Waals surface area (Å²) in [5.41, 5.74) is -0.477. The van der Waals surface area contributed by atoms with Crippen molar-refractivity contribution in [3.05, 3.63) is 35.6 Å². The van der Waals surface area contributed by atoms with E-state index < -0.39 is 34.9 Å². The predicted molar refractivity (Wildman–Crippen MR) is 81.1 cm³/mol. The Hall–Kier alpha value is -1.76. The molecule has 120 valence electrons. The van der Waals surface area contributed by atoms with Crippen LogP contribution >= 0.6 is 11.8 Å². The van der Waals surface area contributed by atoms with Crippen LogP contribution in [0.3, 0.4) is 0 Å². The van der Waals surface area contributed by atoms with E-state index in [1.807, 2.05) is 0 Å². The number of nitrogens with zero attached hydrogens (tertiary/aromatic N) is 1. The van der Waals surface area contributed by atoms with Crippen LogP contribution in [0.4, 0.5) is 9.18 Å². The molecule has 0 saturated carbocycles. The number of hydrogen-bond donors (Lipinski definition) is 1. The average Bonchev–Trinajstić information content (AvgIpc) is 2.82. The number of hydrogen-bond acceptors (Lipinski definition) is 4. The maximum Gasteiger partial charge on any atom is 0.412 e. The molecular formula is C15H18FNO4S. The summed E-state index contributed by atoms with van der Waals surface area (Å²) < 4.78 is 19.3. The van der Waals surface area contributed by atoms with E-state index in [0.29, 0.717) is 0 Å². The zero-order chi connectivity index (χ0) is 16.5. The Labute approximate surface area is 132 Å². The van der Waals surface area contributed by atoms with Gasteiger partial charge in [0.05, 0.1) is 0 Å². The zero-order valence-corrected chi connectivity index (χ0v) is 13.4. The quantitative estimate of drug-likeness (QED) is 0.903. The van der Waals surface area contributed by atoms with Gasteiger partial charge in [0.25, 0.3) is 0 Å². The number of thioether (sulfide) groups is 1. The summed E-state index contributed by atoms with van der Waals surface area (Å²) in [7, 11) is 0. The fourth-order valence-corrected chi connectivity index (χ4v) is 3.58. The average molecular weight is 327 g/mol. The van der Waals surface area contributed by atoms with E-state index in [1.165, 1.54) is 17.8 Å². The van der Waals surface area contributed by atoms with E-state index in [1.54, 1.807) is 39.0 Å². The second-order valence-electron chi connectivity index (χ2n) is 5.95. The van der Waals surface area contributed by atoms with Crippen LogP contribution in [0.5, 0.6) is 0 Å². The SMILES string of the molecule is CC(C)(C)OC(=O)N1[C@@H](C(=O)O)CS[C@H]1c1ccccc1F. The third-order valence-electron chi connectivity index (χ3n) is 3.06. The lowest BCUT2D eigenvalue weighted by Gasteiger charge is -2.30. The van der Waals surface area contributed by atoms with Crippen LogP contribution in [0, 0.1) is 5.82 Å². The first kappa shape index (κ1) is 16.6. The molecule has 0 spiro atoms. The van der Waals surface area contributed by atoms with E-state index in [4.69, 9.17) is 4.74 Å². The van der Waals surface area contributed by atoms with Gasteiger partial charge in [0, 0.05) is 11.3 Å². The number of carbonyl (C=O) groups is 2. The van der Waals surface area contributed by atoms with Gasteiger partial charge < -0.3 is 9.84 Å². The van der Waals surface area contributed by atoms with Gasteiger partial charge in [-0.1, -0.05) is 18.2 Å². The van der Waals surface area contributed by atoms with E-state index in [0.717, 1.165) is 4.90 Å². The molecule has 1 saturated heterocycles. The molecule has 7 heteroatoms. The Morgan fingerprint density at radius 1 is 1.36 bits per heavy atom. The zero-order valence-electron chi connectivity index (χ0n) is 12.6. The Balaban J connectivity index is 2.35. The normalized spacial score (nSPS) is 21.7. The molecule has 5 nitrogen and oxygen atoms in total. The second-order valence-corrected chi connectivity index (χ2v) is 7.06. The summed E-state index contributed by atoms with van der Waals surface area (Å²) >= 11 is 1.21. The van der Waals surface area contributed by atoms with Crippen molar-refractivity contribution < 1.29 is 23.8 Å². The van der Waals surface area contributed by atoms with Gasteiger partial charge in [0.15, 0.2) is 0 Å². The summed E-state index contributed by atoms with van der Waals surface area (Å²) in [5.74, 6) is -1.41. The third kappa shape index (κ3) is 3.52. The highest BCUT2D eigenvalue weighted by molar-refractivity contribution is 7.99. The predicted octanol–water partition coefficient (Wildman–Crippen LogP) is 3.26. The molecule has 1 aliphatic heterocycles. The number of halogens is 1. The summed E-state index contributed by atoms with van der Waals surface area (Å²) in [6.07, 6.45) is -0.752. The molecule has 1 aromatic carbocycles. The van der Waals surface area contributed by atoms with Gasteiger partial charge in [0.1, 0.15) is 22.8 Å². The van der Waals surface area contributed by atoms with Gasteiger partial charge in [-0.2, -0.15) is 0 Å². The lowest BCUT2D eigenvalue weighted by atomic mass is 10.1.